The highest BCUT2D eigenvalue weighted by Gasteiger charge is 2.24. The lowest BCUT2D eigenvalue weighted by Gasteiger charge is -1.99. The quantitative estimate of drug-likeness (QED) is 0.732. The Morgan fingerprint density at radius 2 is 2.19 bits per heavy atom. The minimum atomic E-state index is 0.443. The maximum atomic E-state index is 10.5. The van der Waals surface area contributed by atoms with Gasteiger partial charge in [-0.15, -0.1) is 0 Å². The highest BCUT2D eigenvalue weighted by molar-refractivity contribution is 5.71. The summed E-state index contributed by atoms with van der Waals surface area (Å²) in [7, 11) is 0. The smallest absolute Gasteiger partial charge is 0.168 e. The van der Waals surface area contributed by atoms with E-state index in [1.807, 2.05) is 18.5 Å². The van der Waals surface area contributed by atoms with E-state index in [2.05, 4.69) is 10.1 Å². The molecule has 0 atom stereocenters. The molecule has 1 aliphatic rings. The molecule has 2 aromatic rings. The second-order valence-electron chi connectivity index (χ2n) is 4.05. The zero-order chi connectivity index (χ0) is 11.0. The minimum Gasteiger partial charge on any atom is -0.296 e. The number of aldehydes is 1. The highest BCUT2D eigenvalue weighted by Crippen LogP contribution is 2.39. The molecule has 4 heteroatoms. The average molecular weight is 213 g/mol. The third-order valence-electron chi connectivity index (χ3n) is 2.81. The average Bonchev–Trinajstić information content (AvgIpc) is 3.08. The molecule has 0 saturated heterocycles. The van der Waals surface area contributed by atoms with Gasteiger partial charge in [-0.25, -0.2) is 4.68 Å². The van der Waals surface area contributed by atoms with E-state index in [0.29, 0.717) is 11.6 Å². The molecule has 0 aliphatic heterocycles. The molecule has 2 aromatic heterocycles. The summed E-state index contributed by atoms with van der Waals surface area (Å²) in [5.41, 5.74) is 2.62. The number of carbonyl (C=O) groups excluding carboxylic acids is 1. The lowest BCUT2D eigenvalue weighted by atomic mass is 10.2. The highest BCUT2D eigenvalue weighted by atomic mass is 16.1. The van der Waals surface area contributed by atoms with E-state index in [0.717, 1.165) is 12.0 Å². The zero-order valence-electron chi connectivity index (χ0n) is 8.71. The van der Waals surface area contributed by atoms with Gasteiger partial charge in [-0.3, -0.25) is 9.78 Å². The molecule has 0 unspecified atom stereocenters. The van der Waals surface area contributed by atoms with Gasteiger partial charge in [0.1, 0.15) is 5.69 Å². The van der Waals surface area contributed by atoms with Crippen molar-refractivity contribution in [3.63, 3.8) is 0 Å². The molecule has 0 spiro atoms. The summed E-state index contributed by atoms with van der Waals surface area (Å²) >= 11 is 0. The monoisotopic (exact) mass is 213 g/mol. The lowest BCUT2D eigenvalue weighted by molar-refractivity contribution is 0.111. The Morgan fingerprint density at radius 3 is 2.81 bits per heavy atom. The molecular formula is C12H11N3O. The van der Waals surface area contributed by atoms with Crippen LogP contribution in [-0.2, 0) is 0 Å². The van der Waals surface area contributed by atoms with Crippen molar-refractivity contribution in [1.82, 2.24) is 14.8 Å². The van der Waals surface area contributed by atoms with Crippen molar-refractivity contribution >= 4 is 6.29 Å². The maximum Gasteiger partial charge on any atom is 0.168 e. The fraction of sp³-hybridized carbons (Fsp3) is 0.250. The molecule has 0 radical (unpaired) electrons. The van der Waals surface area contributed by atoms with Crippen LogP contribution in [0.15, 0.2) is 30.7 Å². The number of hydrogen-bond acceptors (Lipinski definition) is 3. The Labute approximate surface area is 92.9 Å². The third kappa shape index (κ3) is 1.62. The van der Waals surface area contributed by atoms with E-state index < -0.39 is 0 Å². The van der Waals surface area contributed by atoms with Crippen molar-refractivity contribution in [2.45, 2.75) is 18.8 Å². The zero-order valence-corrected chi connectivity index (χ0v) is 8.71. The Balaban J connectivity index is 1.91. The van der Waals surface area contributed by atoms with Gasteiger partial charge in [0.2, 0.25) is 0 Å². The van der Waals surface area contributed by atoms with Crippen molar-refractivity contribution in [3.8, 4) is 5.69 Å². The van der Waals surface area contributed by atoms with Gasteiger partial charge < -0.3 is 0 Å². The number of nitrogens with zero attached hydrogens (tertiary/aromatic N) is 3. The molecule has 4 nitrogen and oxygen atoms in total. The van der Waals surface area contributed by atoms with Crippen molar-refractivity contribution in [1.29, 1.82) is 0 Å². The van der Waals surface area contributed by atoms with Gasteiger partial charge in [0, 0.05) is 6.20 Å². The molecule has 16 heavy (non-hydrogen) atoms. The van der Waals surface area contributed by atoms with Gasteiger partial charge in [-0.05, 0) is 36.5 Å². The van der Waals surface area contributed by atoms with E-state index in [4.69, 9.17) is 0 Å². The predicted molar refractivity (Wildman–Crippen MR) is 58.7 cm³/mol. The van der Waals surface area contributed by atoms with Gasteiger partial charge in [0.05, 0.1) is 18.1 Å². The van der Waals surface area contributed by atoms with Crippen molar-refractivity contribution in [2.24, 2.45) is 0 Å². The van der Waals surface area contributed by atoms with Gasteiger partial charge in [-0.1, -0.05) is 0 Å². The van der Waals surface area contributed by atoms with Crippen LogP contribution in [0.25, 0.3) is 5.69 Å². The number of rotatable bonds is 3. The number of carbonyl (C=O) groups is 1. The van der Waals surface area contributed by atoms with Crippen LogP contribution in [0.4, 0.5) is 0 Å². The predicted octanol–water partition coefficient (Wildman–Crippen LogP) is 1.96. The first-order chi connectivity index (χ1) is 7.86. The summed E-state index contributed by atoms with van der Waals surface area (Å²) in [5, 5.41) is 4.29. The van der Waals surface area contributed by atoms with Crippen LogP contribution < -0.4 is 0 Å². The molecular weight excluding hydrogens is 202 g/mol. The maximum absolute atomic E-state index is 10.5. The first kappa shape index (κ1) is 9.27. The van der Waals surface area contributed by atoms with Crippen LogP contribution in [0.1, 0.15) is 34.8 Å². The van der Waals surface area contributed by atoms with Crippen molar-refractivity contribution in [2.75, 3.05) is 0 Å². The summed E-state index contributed by atoms with van der Waals surface area (Å²) in [6.07, 6.45) is 8.89. The normalized spacial score (nSPS) is 15.0. The second kappa shape index (κ2) is 3.56. The third-order valence-corrected chi connectivity index (χ3v) is 2.81. The molecule has 1 fully saturated rings. The number of pyridine rings is 1. The van der Waals surface area contributed by atoms with Gasteiger partial charge >= 0.3 is 0 Å². The fourth-order valence-corrected chi connectivity index (χ4v) is 1.71. The van der Waals surface area contributed by atoms with Crippen molar-refractivity contribution in [3.05, 3.63) is 42.0 Å². The molecule has 2 heterocycles. The summed E-state index contributed by atoms with van der Waals surface area (Å²) in [6, 6.07) is 3.54. The fourth-order valence-electron chi connectivity index (χ4n) is 1.71. The van der Waals surface area contributed by atoms with E-state index in [9.17, 15) is 4.79 Å². The first-order valence-corrected chi connectivity index (χ1v) is 5.33. The van der Waals surface area contributed by atoms with Crippen LogP contribution in [0.3, 0.4) is 0 Å². The number of aromatic nitrogens is 3. The summed E-state index contributed by atoms with van der Waals surface area (Å²) in [4.78, 5) is 14.5. The molecule has 0 bridgehead atoms. The Kier molecular flexibility index (Phi) is 2.06. The second-order valence-corrected chi connectivity index (χ2v) is 4.05. The molecule has 1 aliphatic carbocycles. The Hall–Kier alpha value is -1.97. The van der Waals surface area contributed by atoms with Crippen LogP contribution in [0.2, 0.25) is 0 Å². The van der Waals surface area contributed by atoms with Crippen LogP contribution in [0.5, 0.6) is 0 Å². The molecule has 80 valence electrons. The van der Waals surface area contributed by atoms with Crippen molar-refractivity contribution < 1.29 is 4.79 Å². The van der Waals surface area contributed by atoms with Gasteiger partial charge in [0.15, 0.2) is 6.29 Å². The first-order valence-electron chi connectivity index (χ1n) is 5.33. The summed E-state index contributed by atoms with van der Waals surface area (Å²) in [5.74, 6) is 0.705. The van der Waals surface area contributed by atoms with Crippen LogP contribution in [0, 0.1) is 0 Å². The SMILES string of the molecule is O=Cc1ccc(-n2cc(C3CC3)cn2)cn1. The summed E-state index contributed by atoms with van der Waals surface area (Å²) < 4.78 is 1.80. The standard InChI is InChI=1S/C12H11N3O/c16-8-11-3-4-12(6-13-11)15-7-10(5-14-15)9-1-2-9/h3-9H,1-2H2. The lowest BCUT2D eigenvalue weighted by Crippen LogP contribution is -1.96. The number of hydrogen-bond donors (Lipinski definition) is 0. The molecule has 1 saturated carbocycles. The minimum absolute atomic E-state index is 0.443. The van der Waals surface area contributed by atoms with Gasteiger partial charge in [0.25, 0.3) is 0 Å². The molecule has 3 rings (SSSR count). The molecule has 0 amide bonds. The van der Waals surface area contributed by atoms with Gasteiger partial charge in [-0.2, -0.15) is 5.10 Å². The largest absolute Gasteiger partial charge is 0.296 e. The Morgan fingerprint density at radius 1 is 1.31 bits per heavy atom. The topological polar surface area (TPSA) is 47.8 Å². The molecule has 0 aromatic carbocycles. The van der Waals surface area contributed by atoms with E-state index in [1.165, 1.54) is 18.4 Å². The van der Waals surface area contributed by atoms with Crippen LogP contribution in [-0.4, -0.2) is 21.1 Å². The Bertz CT molecular complexity index is 511. The van der Waals surface area contributed by atoms with Crippen LogP contribution >= 0.6 is 0 Å². The van der Waals surface area contributed by atoms with E-state index >= 15 is 0 Å². The van der Waals surface area contributed by atoms with E-state index in [-0.39, 0.29) is 0 Å². The van der Waals surface area contributed by atoms with E-state index in [1.54, 1.807) is 16.9 Å². The molecule has 0 N–H and O–H groups in total. The summed E-state index contributed by atoms with van der Waals surface area (Å²) in [6.45, 7) is 0.